The van der Waals surface area contributed by atoms with Gasteiger partial charge in [0.1, 0.15) is 6.17 Å². The van der Waals surface area contributed by atoms with Crippen LogP contribution >= 0.6 is 0 Å². The third-order valence-corrected chi connectivity index (χ3v) is 5.43. The summed E-state index contributed by atoms with van der Waals surface area (Å²) in [6, 6.07) is 2.01. The molecule has 0 aromatic carbocycles. The molecule has 5 rings (SSSR count). The molecule has 0 bridgehead atoms. The van der Waals surface area contributed by atoms with E-state index >= 15 is 0 Å². The molecule has 4 aliphatic rings. The van der Waals surface area contributed by atoms with Crippen molar-refractivity contribution in [3.8, 4) is 0 Å². The van der Waals surface area contributed by atoms with E-state index in [1.165, 1.54) is 6.08 Å². The van der Waals surface area contributed by atoms with Crippen molar-refractivity contribution in [1.82, 2.24) is 4.98 Å². The summed E-state index contributed by atoms with van der Waals surface area (Å²) in [5.74, 6) is 0.345. The summed E-state index contributed by atoms with van der Waals surface area (Å²) in [4.78, 5) is 4.46. The van der Waals surface area contributed by atoms with Gasteiger partial charge in [-0.1, -0.05) is 24.3 Å². The van der Waals surface area contributed by atoms with Crippen molar-refractivity contribution in [2.24, 2.45) is 11.8 Å². The van der Waals surface area contributed by atoms with E-state index in [9.17, 15) is 13.2 Å². The first-order chi connectivity index (χ1) is 12.5. The molecular formula is C20H18F3N3. The maximum atomic E-state index is 13.2. The van der Waals surface area contributed by atoms with Crippen molar-refractivity contribution in [3.05, 3.63) is 59.4 Å². The lowest BCUT2D eigenvalue weighted by Crippen LogP contribution is -2.27. The summed E-state index contributed by atoms with van der Waals surface area (Å²) in [6.45, 7) is 0. The lowest BCUT2D eigenvalue weighted by atomic mass is 9.97. The molecule has 0 saturated heterocycles. The predicted molar refractivity (Wildman–Crippen MR) is 95.4 cm³/mol. The fourth-order valence-corrected chi connectivity index (χ4v) is 3.98. The molecule has 6 heteroatoms. The molecule has 1 saturated carbocycles. The number of nitrogens with zero attached hydrogens (tertiary/aromatic N) is 1. The minimum absolute atomic E-state index is 0.0139. The molecule has 2 heterocycles. The number of aromatic nitrogens is 1. The predicted octanol–water partition coefficient (Wildman–Crippen LogP) is 5.04. The van der Waals surface area contributed by atoms with Crippen LogP contribution in [-0.4, -0.2) is 17.3 Å². The molecule has 134 valence electrons. The Labute approximate surface area is 149 Å². The molecule has 1 fully saturated rings. The summed E-state index contributed by atoms with van der Waals surface area (Å²) >= 11 is 0. The molecule has 1 aromatic heterocycles. The van der Waals surface area contributed by atoms with Gasteiger partial charge in [0.2, 0.25) is 0 Å². The van der Waals surface area contributed by atoms with Crippen LogP contribution in [0.5, 0.6) is 0 Å². The summed E-state index contributed by atoms with van der Waals surface area (Å²) in [7, 11) is 0. The Kier molecular flexibility index (Phi) is 3.33. The summed E-state index contributed by atoms with van der Waals surface area (Å²) < 4.78 is 39.7. The van der Waals surface area contributed by atoms with Gasteiger partial charge in [-0.2, -0.15) is 13.2 Å². The maximum Gasteiger partial charge on any atom is 0.412 e. The highest BCUT2D eigenvalue weighted by Crippen LogP contribution is 2.54. The van der Waals surface area contributed by atoms with Gasteiger partial charge in [-0.15, -0.1) is 0 Å². The van der Waals surface area contributed by atoms with E-state index in [0.717, 1.165) is 29.7 Å². The van der Waals surface area contributed by atoms with E-state index in [0.29, 0.717) is 17.8 Å². The average Bonchev–Trinajstić information content (AvgIpc) is 3.29. The van der Waals surface area contributed by atoms with E-state index in [2.05, 4.69) is 33.8 Å². The number of alkyl halides is 3. The van der Waals surface area contributed by atoms with Crippen molar-refractivity contribution in [2.45, 2.75) is 31.6 Å². The number of pyridine rings is 1. The molecule has 0 radical (unpaired) electrons. The Balaban J connectivity index is 1.40. The van der Waals surface area contributed by atoms with Gasteiger partial charge < -0.3 is 10.6 Å². The molecule has 3 unspecified atom stereocenters. The number of hydrogen-bond donors (Lipinski definition) is 2. The topological polar surface area (TPSA) is 37.0 Å². The standard InChI is InChI=1S/C20H18F3N3/c21-20(22,23)16-8-13(6-12-7-15(12)16)18-25-17-9-14(10-24-19(17)26-18)11-4-2-1-3-5-11/h2,4-6,8-10,12,15,18,25H,1,3,7H2,(H,24,26). The normalized spacial score (nSPS) is 28.9. The van der Waals surface area contributed by atoms with Crippen molar-refractivity contribution in [2.75, 3.05) is 10.6 Å². The zero-order valence-corrected chi connectivity index (χ0v) is 14.0. The van der Waals surface area contributed by atoms with Gasteiger partial charge in [-0.05, 0) is 54.4 Å². The lowest BCUT2D eigenvalue weighted by molar-refractivity contribution is -0.0959. The molecule has 3 nitrogen and oxygen atoms in total. The van der Waals surface area contributed by atoms with Crippen LogP contribution in [0.1, 0.15) is 24.8 Å². The Hall–Kier alpha value is -2.50. The third-order valence-electron chi connectivity index (χ3n) is 5.43. The minimum Gasteiger partial charge on any atom is -0.359 e. The summed E-state index contributed by atoms with van der Waals surface area (Å²) in [5, 5.41) is 6.50. The maximum absolute atomic E-state index is 13.2. The van der Waals surface area contributed by atoms with Crippen molar-refractivity contribution in [1.29, 1.82) is 0 Å². The molecule has 0 amide bonds. The Morgan fingerprint density at radius 3 is 2.81 bits per heavy atom. The van der Waals surface area contributed by atoms with Crippen LogP contribution in [0.15, 0.2) is 53.8 Å². The third kappa shape index (κ3) is 2.64. The second kappa shape index (κ2) is 5.50. The van der Waals surface area contributed by atoms with Crippen LogP contribution < -0.4 is 10.6 Å². The largest absolute Gasteiger partial charge is 0.412 e. The molecule has 1 aliphatic heterocycles. The molecule has 2 N–H and O–H groups in total. The lowest BCUT2D eigenvalue weighted by Gasteiger charge is -2.20. The number of allylic oxidation sites excluding steroid dienone is 6. The van der Waals surface area contributed by atoms with E-state index in [1.54, 1.807) is 6.20 Å². The number of hydrogen-bond acceptors (Lipinski definition) is 3. The van der Waals surface area contributed by atoms with Crippen LogP contribution in [0.4, 0.5) is 24.7 Å². The van der Waals surface area contributed by atoms with Crippen LogP contribution in [0.25, 0.3) is 5.57 Å². The molecule has 3 atom stereocenters. The van der Waals surface area contributed by atoms with Gasteiger partial charge in [0.25, 0.3) is 0 Å². The highest BCUT2D eigenvalue weighted by atomic mass is 19.4. The van der Waals surface area contributed by atoms with Gasteiger partial charge in [-0.3, -0.25) is 0 Å². The Bertz CT molecular complexity index is 892. The SMILES string of the molecule is FC(F)(F)C1=CC(C2Nc3cc(C4=CCCC=C4)cnc3N2)=CC2CC12. The van der Waals surface area contributed by atoms with Crippen molar-refractivity contribution < 1.29 is 13.2 Å². The van der Waals surface area contributed by atoms with Crippen molar-refractivity contribution in [3.63, 3.8) is 0 Å². The number of rotatable bonds is 2. The van der Waals surface area contributed by atoms with Gasteiger partial charge in [0.15, 0.2) is 5.82 Å². The molecule has 1 aromatic rings. The van der Waals surface area contributed by atoms with Crippen LogP contribution in [0.2, 0.25) is 0 Å². The minimum atomic E-state index is -4.25. The molecule has 3 aliphatic carbocycles. The number of fused-ring (bicyclic) bond motifs is 2. The Morgan fingerprint density at radius 2 is 2.04 bits per heavy atom. The number of halogens is 3. The second-order valence-electron chi connectivity index (χ2n) is 7.25. The first-order valence-electron chi connectivity index (χ1n) is 8.90. The summed E-state index contributed by atoms with van der Waals surface area (Å²) in [6.07, 6.45) is 9.50. The van der Waals surface area contributed by atoms with E-state index < -0.39 is 11.7 Å². The summed E-state index contributed by atoms with van der Waals surface area (Å²) in [5.41, 5.74) is 3.22. The molecule has 0 spiro atoms. The molecule has 26 heavy (non-hydrogen) atoms. The Morgan fingerprint density at radius 1 is 1.15 bits per heavy atom. The van der Waals surface area contributed by atoms with E-state index in [4.69, 9.17) is 0 Å². The quantitative estimate of drug-likeness (QED) is 0.778. The second-order valence-corrected chi connectivity index (χ2v) is 7.25. The van der Waals surface area contributed by atoms with Gasteiger partial charge in [0, 0.05) is 17.3 Å². The van der Waals surface area contributed by atoms with Gasteiger partial charge in [-0.25, -0.2) is 4.98 Å². The fraction of sp³-hybridized carbons (Fsp3) is 0.350. The zero-order valence-electron chi connectivity index (χ0n) is 14.0. The highest BCUT2D eigenvalue weighted by molar-refractivity contribution is 5.81. The fourth-order valence-electron chi connectivity index (χ4n) is 3.98. The smallest absolute Gasteiger partial charge is 0.359 e. The first kappa shape index (κ1) is 15.7. The van der Waals surface area contributed by atoms with Crippen LogP contribution in [-0.2, 0) is 0 Å². The molecular weight excluding hydrogens is 339 g/mol. The highest BCUT2D eigenvalue weighted by Gasteiger charge is 2.51. The zero-order chi connectivity index (χ0) is 17.9. The van der Waals surface area contributed by atoms with Gasteiger partial charge in [0.05, 0.1) is 5.69 Å². The van der Waals surface area contributed by atoms with E-state index in [1.807, 2.05) is 12.1 Å². The van der Waals surface area contributed by atoms with E-state index in [-0.39, 0.29) is 18.0 Å². The van der Waals surface area contributed by atoms with Crippen LogP contribution in [0.3, 0.4) is 0 Å². The number of anilines is 2. The monoisotopic (exact) mass is 357 g/mol. The van der Waals surface area contributed by atoms with Gasteiger partial charge >= 0.3 is 6.18 Å². The first-order valence-corrected chi connectivity index (χ1v) is 8.90. The van der Waals surface area contributed by atoms with Crippen LogP contribution in [0, 0.1) is 11.8 Å². The number of nitrogens with one attached hydrogen (secondary N) is 2. The van der Waals surface area contributed by atoms with Crippen molar-refractivity contribution >= 4 is 17.1 Å². The average molecular weight is 357 g/mol.